The lowest BCUT2D eigenvalue weighted by molar-refractivity contribution is 0.255. The molecule has 1 atom stereocenters. The minimum atomic E-state index is -3.49. The minimum absolute atomic E-state index is 0.0650. The quantitative estimate of drug-likeness (QED) is 0.532. The zero-order valence-corrected chi connectivity index (χ0v) is 20.2. The van der Waals surface area contributed by atoms with Gasteiger partial charge in [-0.3, -0.25) is 9.48 Å². The summed E-state index contributed by atoms with van der Waals surface area (Å²) in [5, 5.41) is 17.8. The molecular weight excluding hydrogens is 464 g/mol. The molecule has 0 saturated heterocycles. The summed E-state index contributed by atoms with van der Waals surface area (Å²) in [6.07, 6.45) is 9.17. The highest BCUT2D eigenvalue weighted by molar-refractivity contribution is 7.89. The highest BCUT2D eigenvalue weighted by atomic mass is 32.2. The van der Waals surface area contributed by atoms with Crippen LogP contribution in [0.1, 0.15) is 63.0 Å². The summed E-state index contributed by atoms with van der Waals surface area (Å²) in [5.74, 6) is 0.802. The van der Waals surface area contributed by atoms with E-state index in [1.807, 2.05) is 16.8 Å². The van der Waals surface area contributed by atoms with Crippen LogP contribution in [0.25, 0.3) is 10.9 Å². The Morgan fingerprint density at radius 3 is 2.71 bits per heavy atom. The molecule has 1 aromatic carbocycles. The standard InChI is InChI=1S/C25H28N6O3S/c26-12-10-20(16-6-7-16)31-21-11-13-27-25(32)23(21)24(29-31)28-18-8-9-22-17(14-18)15-30(35(22,33)34)19-4-2-1-3-5-19/h8-9,11,13-14,16,19-20H,1-7,10,15H2,(H,27,32)(H,28,29). The first-order valence-corrected chi connectivity index (χ1v) is 13.8. The van der Waals surface area contributed by atoms with E-state index in [9.17, 15) is 18.5 Å². The Morgan fingerprint density at radius 1 is 1.17 bits per heavy atom. The molecule has 1 unspecified atom stereocenters. The number of H-pyrrole nitrogens is 1. The number of sulfonamides is 1. The van der Waals surface area contributed by atoms with E-state index in [1.54, 1.807) is 22.6 Å². The predicted molar refractivity (Wildman–Crippen MR) is 132 cm³/mol. The molecule has 2 aromatic heterocycles. The number of hydrogen-bond acceptors (Lipinski definition) is 6. The van der Waals surface area contributed by atoms with Crippen molar-refractivity contribution in [3.05, 3.63) is 46.4 Å². The lowest BCUT2D eigenvalue weighted by atomic mass is 9.95. The van der Waals surface area contributed by atoms with Crippen LogP contribution in [0, 0.1) is 17.2 Å². The molecule has 0 bridgehead atoms. The largest absolute Gasteiger partial charge is 0.338 e. The maximum absolute atomic E-state index is 13.2. The fourth-order valence-corrected chi connectivity index (χ4v) is 7.57. The zero-order chi connectivity index (χ0) is 24.2. The van der Waals surface area contributed by atoms with E-state index in [2.05, 4.69) is 16.4 Å². The van der Waals surface area contributed by atoms with E-state index in [-0.39, 0.29) is 17.6 Å². The van der Waals surface area contributed by atoms with Gasteiger partial charge in [0.1, 0.15) is 5.39 Å². The molecule has 0 spiro atoms. The number of aromatic amines is 1. The first-order valence-electron chi connectivity index (χ1n) is 12.4. The van der Waals surface area contributed by atoms with Gasteiger partial charge in [-0.2, -0.15) is 14.7 Å². The van der Waals surface area contributed by atoms with Crippen molar-refractivity contribution < 1.29 is 8.42 Å². The highest BCUT2D eigenvalue weighted by Crippen LogP contribution is 2.43. The van der Waals surface area contributed by atoms with Gasteiger partial charge in [0.25, 0.3) is 5.56 Å². The van der Waals surface area contributed by atoms with E-state index < -0.39 is 10.0 Å². The number of aromatic nitrogens is 3. The number of nitrogens with zero attached hydrogens (tertiary/aromatic N) is 4. The second kappa shape index (κ2) is 8.50. The van der Waals surface area contributed by atoms with Crippen LogP contribution in [-0.4, -0.2) is 33.5 Å². The topological polar surface area (TPSA) is 124 Å². The Balaban J connectivity index is 1.35. The summed E-state index contributed by atoms with van der Waals surface area (Å²) in [4.78, 5) is 15.8. The molecule has 3 heterocycles. The lowest BCUT2D eigenvalue weighted by Crippen LogP contribution is -2.36. The first-order chi connectivity index (χ1) is 17.0. The highest BCUT2D eigenvalue weighted by Gasteiger charge is 2.39. The first kappa shape index (κ1) is 22.3. The van der Waals surface area contributed by atoms with Gasteiger partial charge in [-0.1, -0.05) is 19.3 Å². The predicted octanol–water partition coefficient (Wildman–Crippen LogP) is 4.17. The van der Waals surface area contributed by atoms with Crippen LogP contribution in [0.2, 0.25) is 0 Å². The molecule has 0 radical (unpaired) electrons. The van der Waals surface area contributed by atoms with E-state index in [0.717, 1.165) is 44.1 Å². The van der Waals surface area contributed by atoms with Gasteiger partial charge >= 0.3 is 0 Å². The molecule has 10 heteroatoms. The van der Waals surface area contributed by atoms with Crippen molar-refractivity contribution in [2.45, 2.75) is 74.9 Å². The molecule has 0 amide bonds. The average molecular weight is 493 g/mol. The lowest BCUT2D eigenvalue weighted by Gasteiger charge is -2.29. The van der Waals surface area contributed by atoms with Crippen molar-refractivity contribution >= 4 is 32.4 Å². The molecule has 1 aliphatic heterocycles. The Bertz CT molecular complexity index is 1490. The van der Waals surface area contributed by atoms with Gasteiger partial charge in [-0.25, -0.2) is 8.42 Å². The number of rotatable bonds is 6. The average Bonchev–Trinajstić information content (AvgIpc) is 3.58. The Morgan fingerprint density at radius 2 is 1.97 bits per heavy atom. The van der Waals surface area contributed by atoms with E-state index in [1.165, 1.54) is 6.42 Å². The van der Waals surface area contributed by atoms with Crippen molar-refractivity contribution in [3.8, 4) is 6.07 Å². The fourth-order valence-electron chi connectivity index (χ4n) is 5.71. The third kappa shape index (κ3) is 3.83. The second-order valence-electron chi connectivity index (χ2n) is 9.92. The molecule has 2 aliphatic carbocycles. The maximum Gasteiger partial charge on any atom is 0.261 e. The summed E-state index contributed by atoms with van der Waals surface area (Å²) >= 11 is 0. The monoisotopic (exact) mass is 492 g/mol. The Hall–Kier alpha value is -3.16. The number of pyridine rings is 1. The smallest absolute Gasteiger partial charge is 0.261 e. The van der Waals surface area contributed by atoms with E-state index in [0.29, 0.717) is 46.2 Å². The molecule has 6 rings (SSSR count). The minimum Gasteiger partial charge on any atom is -0.338 e. The molecule has 182 valence electrons. The van der Waals surface area contributed by atoms with E-state index >= 15 is 0 Å². The summed E-state index contributed by atoms with van der Waals surface area (Å²) in [5.41, 5.74) is 1.88. The molecule has 9 nitrogen and oxygen atoms in total. The molecule has 2 saturated carbocycles. The van der Waals surface area contributed by atoms with Crippen molar-refractivity contribution in [2.75, 3.05) is 5.32 Å². The maximum atomic E-state index is 13.2. The number of fused-ring (bicyclic) bond motifs is 2. The number of hydrogen-bond donors (Lipinski definition) is 2. The molecule has 2 N–H and O–H groups in total. The van der Waals surface area contributed by atoms with E-state index in [4.69, 9.17) is 5.10 Å². The molecule has 2 fully saturated rings. The second-order valence-corrected chi connectivity index (χ2v) is 11.8. The number of nitriles is 1. The zero-order valence-electron chi connectivity index (χ0n) is 19.4. The van der Waals surface area contributed by atoms with Crippen LogP contribution in [0.5, 0.6) is 0 Å². The van der Waals surface area contributed by atoms with Gasteiger partial charge in [0.15, 0.2) is 5.82 Å². The summed E-state index contributed by atoms with van der Waals surface area (Å²) in [6, 6.07) is 9.31. The van der Waals surface area contributed by atoms with Crippen LogP contribution in [0.15, 0.2) is 40.2 Å². The van der Waals surface area contributed by atoms with Crippen molar-refractivity contribution in [2.24, 2.45) is 5.92 Å². The number of benzene rings is 1. The number of nitrogens with one attached hydrogen (secondary N) is 2. The van der Waals surface area contributed by atoms with Gasteiger partial charge in [0.2, 0.25) is 10.0 Å². The summed E-state index contributed by atoms with van der Waals surface area (Å²) in [6.45, 7) is 0.375. The van der Waals surface area contributed by atoms with Crippen molar-refractivity contribution in [1.82, 2.24) is 19.1 Å². The van der Waals surface area contributed by atoms with Crippen LogP contribution in [-0.2, 0) is 16.6 Å². The molecule has 35 heavy (non-hydrogen) atoms. The van der Waals surface area contributed by atoms with Crippen LogP contribution in [0.4, 0.5) is 11.5 Å². The number of anilines is 2. The molecule has 3 aliphatic rings. The molecular formula is C25H28N6O3S. The molecule has 3 aromatic rings. The van der Waals surface area contributed by atoms with Crippen LogP contribution >= 0.6 is 0 Å². The van der Waals surface area contributed by atoms with Gasteiger partial charge in [-0.15, -0.1) is 0 Å². The SMILES string of the molecule is N#CCC(C1CC1)n1nc(Nc2ccc3c(c2)CN(C2CCCCC2)S3(=O)=O)c2c(=O)[nH]ccc21. The van der Waals surface area contributed by atoms with Crippen LogP contribution < -0.4 is 10.9 Å². The Labute approximate surface area is 203 Å². The van der Waals surface area contributed by atoms with Crippen molar-refractivity contribution in [3.63, 3.8) is 0 Å². The van der Waals surface area contributed by atoms with Crippen LogP contribution in [0.3, 0.4) is 0 Å². The van der Waals surface area contributed by atoms with Gasteiger partial charge < -0.3 is 10.3 Å². The van der Waals surface area contributed by atoms with Gasteiger partial charge in [0.05, 0.1) is 28.9 Å². The fraction of sp³-hybridized carbons (Fsp3) is 0.480. The van der Waals surface area contributed by atoms with Gasteiger partial charge in [-0.05, 0) is 61.4 Å². The Kier molecular flexibility index (Phi) is 5.42. The normalized spacial score (nSPS) is 21.0. The van der Waals surface area contributed by atoms with Crippen molar-refractivity contribution in [1.29, 1.82) is 5.26 Å². The summed E-state index contributed by atoms with van der Waals surface area (Å²) < 4.78 is 29.9. The third-order valence-electron chi connectivity index (χ3n) is 7.63. The summed E-state index contributed by atoms with van der Waals surface area (Å²) in [7, 11) is -3.49. The third-order valence-corrected chi connectivity index (χ3v) is 9.63. The van der Waals surface area contributed by atoms with Gasteiger partial charge in [0, 0.05) is 24.5 Å².